The van der Waals surface area contributed by atoms with Crippen LogP contribution in [0.5, 0.6) is 0 Å². The van der Waals surface area contributed by atoms with Gasteiger partial charge in [0, 0.05) is 12.1 Å². The fraction of sp³-hybridized carbons (Fsp3) is 0.0833. The van der Waals surface area contributed by atoms with E-state index in [1.54, 1.807) is 18.2 Å². The third kappa shape index (κ3) is 2.33. The average molecular weight is 280 g/mol. The Kier molecular flexibility index (Phi) is 3.10. The van der Waals surface area contributed by atoms with E-state index >= 15 is 0 Å². The van der Waals surface area contributed by atoms with Crippen LogP contribution in [0.1, 0.15) is 16.1 Å². The number of furan rings is 1. The molecule has 1 aromatic carbocycles. The summed E-state index contributed by atoms with van der Waals surface area (Å²) in [6.45, 7) is 0. The molecule has 0 fully saturated rings. The Morgan fingerprint density at radius 3 is 2.50 bits per heavy atom. The summed E-state index contributed by atoms with van der Waals surface area (Å²) >= 11 is 3.26. The van der Waals surface area contributed by atoms with E-state index in [0.29, 0.717) is 22.3 Å². The maximum Gasteiger partial charge on any atom is 0.203 e. The molecule has 2 rings (SSSR count). The number of anilines is 1. The lowest BCUT2D eigenvalue weighted by Crippen LogP contribution is -2.02. The van der Waals surface area contributed by atoms with Crippen molar-refractivity contribution in [2.45, 2.75) is 6.42 Å². The highest BCUT2D eigenvalue weighted by atomic mass is 79.9. The molecule has 0 aliphatic heterocycles. The summed E-state index contributed by atoms with van der Waals surface area (Å²) in [6.07, 6.45) is 1.80. The number of nitrogens with two attached hydrogens (primary N) is 1. The van der Waals surface area contributed by atoms with Crippen molar-refractivity contribution in [2.75, 3.05) is 5.73 Å². The van der Waals surface area contributed by atoms with Crippen molar-refractivity contribution in [3.8, 4) is 0 Å². The van der Waals surface area contributed by atoms with E-state index in [9.17, 15) is 4.79 Å². The van der Waals surface area contributed by atoms with Crippen LogP contribution < -0.4 is 5.73 Å². The number of carbonyl (C=O) groups excluding carboxylic acids is 1. The van der Waals surface area contributed by atoms with Crippen LogP contribution in [0.25, 0.3) is 0 Å². The maximum atomic E-state index is 11.8. The Labute approximate surface area is 101 Å². The molecular formula is C12H10BrNO2. The molecule has 2 N–H and O–H groups in total. The fourth-order valence-corrected chi connectivity index (χ4v) is 1.82. The van der Waals surface area contributed by atoms with Gasteiger partial charge in [-0.25, -0.2) is 0 Å². The van der Waals surface area contributed by atoms with E-state index in [-0.39, 0.29) is 5.78 Å². The zero-order chi connectivity index (χ0) is 11.5. The van der Waals surface area contributed by atoms with Gasteiger partial charge in [0.2, 0.25) is 5.78 Å². The largest absolute Gasteiger partial charge is 0.460 e. The number of nitrogen functional groups attached to an aromatic ring is 1. The number of ketones is 1. The standard InChI is InChI=1S/C12H10BrNO2/c13-10-5-6-16-12(10)11(15)7-8-1-3-9(14)4-2-8/h1-6H,7,14H2. The third-order valence-corrected chi connectivity index (χ3v) is 2.84. The molecule has 0 amide bonds. The second-order valence-corrected chi connectivity index (χ2v) is 4.29. The average Bonchev–Trinajstić information content (AvgIpc) is 2.68. The zero-order valence-corrected chi connectivity index (χ0v) is 10.0. The number of Topliss-reactive ketones (excluding diaryl/α,β-unsaturated/α-hetero) is 1. The molecule has 0 unspecified atom stereocenters. The molecule has 1 aromatic heterocycles. The lowest BCUT2D eigenvalue weighted by Gasteiger charge is -2.00. The molecule has 0 atom stereocenters. The number of carbonyl (C=O) groups is 1. The van der Waals surface area contributed by atoms with Crippen LogP contribution in [-0.2, 0) is 6.42 Å². The smallest absolute Gasteiger partial charge is 0.203 e. The predicted molar refractivity (Wildman–Crippen MR) is 65.3 cm³/mol. The molecule has 0 aliphatic carbocycles. The predicted octanol–water partition coefficient (Wildman–Crippen LogP) is 3.05. The first kappa shape index (κ1) is 11.0. The number of rotatable bonds is 3. The molecule has 0 saturated heterocycles. The Balaban J connectivity index is 2.14. The van der Waals surface area contributed by atoms with Crippen molar-refractivity contribution < 1.29 is 9.21 Å². The van der Waals surface area contributed by atoms with Crippen molar-refractivity contribution in [3.05, 3.63) is 52.4 Å². The van der Waals surface area contributed by atoms with E-state index in [4.69, 9.17) is 10.2 Å². The van der Waals surface area contributed by atoms with E-state index in [1.165, 1.54) is 6.26 Å². The highest BCUT2D eigenvalue weighted by molar-refractivity contribution is 9.10. The van der Waals surface area contributed by atoms with Crippen molar-refractivity contribution in [3.63, 3.8) is 0 Å². The molecule has 3 nitrogen and oxygen atoms in total. The second-order valence-electron chi connectivity index (χ2n) is 3.44. The van der Waals surface area contributed by atoms with Crippen molar-refractivity contribution in [2.24, 2.45) is 0 Å². The van der Waals surface area contributed by atoms with Crippen molar-refractivity contribution >= 4 is 27.4 Å². The monoisotopic (exact) mass is 279 g/mol. The highest BCUT2D eigenvalue weighted by Gasteiger charge is 2.13. The molecule has 82 valence electrons. The van der Waals surface area contributed by atoms with Gasteiger partial charge in [-0.1, -0.05) is 12.1 Å². The first-order valence-electron chi connectivity index (χ1n) is 4.77. The van der Waals surface area contributed by atoms with Gasteiger partial charge >= 0.3 is 0 Å². The molecular weight excluding hydrogens is 270 g/mol. The molecule has 0 aliphatic rings. The van der Waals surface area contributed by atoms with Crippen LogP contribution in [0, 0.1) is 0 Å². The Morgan fingerprint density at radius 2 is 1.94 bits per heavy atom. The lowest BCUT2D eigenvalue weighted by molar-refractivity contribution is 0.0965. The highest BCUT2D eigenvalue weighted by Crippen LogP contribution is 2.19. The Bertz CT molecular complexity index is 502. The van der Waals surface area contributed by atoms with Crippen LogP contribution in [0.4, 0.5) is 5.69 Å². The molecule has 16 heavy (non-hydrogen) atoms. The summed E-state index contributed by atoms with van der Waals surface area (Å²) in [5, 5.41) is 0. The van der Waals surface area contributed by atoms with Gasteiger partial charge in [0.05, 0.1) is 10.7 Å². The number of halogens is 1. The SMILES string of the molecule is Nc1ccc(CC(=O)c2occc2Br)cc1. The Hall–Kier alpha value is -1.55. The van der Waals surface area contributed by atoms with Crippen molar-refractivity contribution in [1.29, 1.82) is 0 Å². The second kappa shape index (κ2) is 4.53. The minimum Gasteiger partial charge on any atom is -0.460 e. The van der Waals surface area contributed by atoms with Crippen LogP contribution in [0.15, 0.2) is 45.5 Å². The van der Waals surface area contributed by atoms with Gasteiger partial charge in [-0.15, -0.1) is 0 Å². The summed E-state index contributed by atoms with van der Waals surface area (Å²) in [5.41, 5.74) is 7.17. The van der Waals surface area contributed by atoms with E-state index in [0.717, 1.165) is 5.56 Å². The van der Waals surface area contributed by atoms with E-state index in [2.05, 4.69) is 15.9 Å². The van der Waals surface area contributed by atoms with Crippen LogP contribution in [-0.4, -0.2) is 5.78 Å². The summed E-state index contributed by atoms with van der Waals surface area (Å²) in [5.74, 6) is 0.304. The fourth-order valence-electron chi connectivity index (χ4n) is 1.39. The quantitative estimate of drug-likeness (QED) is 0.694. The van der Waals surface area contributed by atoms with E-state index in [1.807, 2.05) is 12.1 Å². The normalized spacial score (nSPS) is 10.3. The number of benzene rings is 1. The summed E-state index contributed by atoms with van der Waals surface area (Å²) in [7, 11) is 0. The molecule has 0 saturated carbocycles. The summed E-state index contributed by atoms with van der Waals surface area (Å²) in [4.78, 5) is 11.8. The minimum atomic E-state index is -0.0540. The lowest BCUT2D eigenvalue weighted by atomic mass is 10.1. The molecule has 0 bridgehead atoms. The summed E-state index contributed by atoms with van der Waals surface area (Å²) < 4.78 is 5.79. The third-order valence-electron chi connectivity index (χ3n) is 2.21. The van der Waals surface area contributed by atoms with Gasteiger partial charge in [-0.3, -0.25) is 4.79 Å². The van der Waals surface area contributed by atoms with Gasteiger partial charge in [-0.05, 0) is 39.7 Å². The topological polar surface area (TPSA) is 56.2 Å². The van der Waals surface area contributed by atoms with Crippen LogP contribution in [0.2, 0.25) is 0 Å². The van der Waals surface area contributed by atoms with E-state index < -0.39 is 0 Å². The first-order valence-corrected chi connectivity index (χ1v) is 5.57. The molecule has 0 spiro atoms. The van der Waals surface area contributed by atoms with Crippen LogP contribution in [0.3, 0.4) is 0 Å². The molecule has 0 radical (unpaired) electrons. The molecule has 4 heteroatoms. The minimum absolute atomic E-state index is 0.0540. The van der Waals surface area contributed by atoms with Gasteiger partial charge in [0.1, 0.15) is 0 Å². The van der Waals surface area contributed by atoms with Crippen molar-refractivity contribution in [1.82, 2.24) is 0 Å². The first-order chi connectivity index (χ1) is 7.66. The molecule has 1 heterocycles. The number of hydrogen-bond donors (Lipinski definition) is 1. The van der Waals surface area contributed by atoms with Gasteiger partial charge < -0.3 is 10.2 Å². The van der Waals surface area contributed by atoms with Crippen LogP contribution >= 0.6 is 15.9 Å². The van der Waals surface area contributed by atoms with Gasteiger partial charge in [-0.2, -0.15) is 0 Å². The van der Waals surface area contributed by atoms with Gasteiger partial charge in [0.15, 0.2) is 5.76 Å². The number of hydrogen-bond acceptors (Lipinski definition) is 3. The summed E-state index contributed by atoms with van der Waals surface area (Å²) in [6, 6.07) is 8.93. The maximum absolute atomic E-state index is 11.8. The zero-order valence-electron chi connectivity index (χ0n) is 8.44. The van der Waals surface area contributed by atoms with Gasteiger partial charge in [0.25, 0.3) is 0 Å². The Morgan fingerprint density at radius 1 is 1.25 bits per heavy atom. The molecule has 2 aromatic rings.